The minimum absolute atomic E-state index is 0.0464. The minimum atomic E-state index is -0.774. The molecule has 1 aliphatic heterocycles. The number of hydrogen-bond acceptors (Lipinski definition) is 5. The Bertz CT molecular complexity index is 1670. The van der Waals surface area contributed by atoms with E-state index in [0.717, 1.165) is 47.8 Å². The Morgan fingerprint density at radius 3 is 2.55 bits per heavy atom. The molecule has 2 heterocycles. The van der Waals surface area contributed by atoms with Crippen LogP contribution in [0.25, 0.3) is 11.0 Å². The molecule has 1 aromatic heterocycles. The van der Waals surface area contributed by atoms with Crippen LogP contribution < -0.4 is 10.4 Å². The zero-order chi connectivity index (χ0) is 29.4. The van der Waals surface area contributed by atoms with Gasteiger partial charge in [-0.2, -0.15) is 0 Å². The van der Waals surface area contributed by atoms with Gasteiger partial charge in [-0.05, 0) is 74.1 Å². The molecular formula is C35H36ClNO5. The summed E-state index contributed by atoms with van der Waals surface area (Å²) in [6.45, 7) is 4.09. The van der Waals surface area contributed by atoms with E-state index < -0.39 is 5.60 Å². The molecule has 1 saturated heterocycles. The number of aryl methyl sites for hydroxylation is 2. The summed E-state index contributed by atoms with van der Waals surface area (Å²) in [5, 5.41) is 13.0. The largest absolute Gasteiger partial charge is 0.483 e. The van der Waals surface area contributed by atoms with Gasteiger partial charge in [0.25, 0.3) is 5.91 Å². The Morgan fingerprint density at radius 1 is 1.02 bits per heavy atom. The fourth-order valence-corrected chi connectivity index (χ4v) is 7.11. The van der Waals surface area contributed by atoms with Crippen molar-refractivity contribution < 1.29 is 19.1 Å². The molecule has 218 valence electrons. The van der Waals surface area contributed by atoms with E-state index in [4.69, 9.17) is 20.8 Å². The van der Waals surface area contributed by atoms with E-state index in [1.807, 2.05) is 85.5 Å². The number of ether oxygens (including phenoxy) is 1. The number of likely N-dealkylation sites (tertiary alicyclic amines) is 1. The third-order valence-corrected chi connectivity index (χ3v) is 9.58. The summed E-state index contributed by atoms with van der Waals surface area (Å²) in [4.78, 5) is 28.6. The predicted molar refractivity (Wildman–Crippen MR) is 164 cm³/mol. The van der Waals surface area contributed by atoms with Gasteiger partial charge in [-0.1, -0.05) is 66.9 Å². The van der Waals surface area contributed by atoms with Gasteiger partial charge in [0.1, 0.15) is 11.3 Å². The van der Waals surface area contributed by atoms with Gasteiger partial charge in [0, 0.05) is 40.4 Å². The molecule has 2 aliphatic rings. The summed E-state index contributed by atoms with van der Waals surface area (Å²) in [6, 6.07) is 20.9. The molecule has 0 unspecified atom stereocenters. The molecule has 42 heavy (non-hydrogen) atoms. The van der Waals surface area contributed by atoms with Gasteiger partial charge in [-0.3, -0.25) is 4.79 Å². The van der Waals surface area contributed by atoms with Crippen molar-refractivity contribution in [2.75, 3.05) is 13.2 Å². The van der Waals surface area contributed by atoms with Crippen molar-refractivity contribution in [2.24, 2.45) is 5.92 Å². The first-order chi connectivity index (χ1) is 20.2. The molecule has 4 aromatic rings. The van der Waals surface area contributed by atoms with E-state index in [1.54, 1.807) is 0 Å². The fourth-order valence-electron chi connectivity index (χ4n) is 6.99. The van der Waals surface area contributed by atoms with E-state index in [1.165, 1.54) is 0 Å². The Kier molecular flexibility index (Phi) is 7.86. The summed E-state index contributed by atoms with van der Waals surface area (Å²) in [6.07, 6.45) is 4.71. The maximum atomic E-state index is 13.7. The molecule has 2 fully saturated rings. The minimum Gasteiger partial charge on any atom is -0.483 e. The molecule has 1 N–H and O–H groups in total. The van der Waals surface area contributed by atoms with Crippen molar-refractivity contribution in [3.05, 3.63) is 110 Å². The average molecular weight is 586 g/mol. The lowest BCUT2D eigenvalue weighted by Crippen LogP contribution is -2.56. The first kappa shape index (κ1) is 28.5. The van der Waals surface area contributed by atoms with Gasteiger partial charge >= 0.3 is 5.63 Å². The summed E-state index contributed by atoms with van der Waals surface area (Å²) < 4.78 is 11.9. The van der Waals surface area contributed by atoms with E-state index in [-0.39, 0.29) is 30.1 Å². The van der Waals surface area contributed by atoms with E-state index in [2.05, 4.69) is 0 Å². The molecule has 1 saturated carbocycles. The van der Waals surface area contributed by atoms with Crippen molar-refractivity contribution in [1.29, 1.82) is 0 Å². The lowest BCUT2D eigenvalue weighted by molar-refractivity contribution is -0.157. The van der Waals surface area contributed by atoms with Crippen LogP contribution in [-0.2, 0) is 11.2 Å². The number of piperidine rings is 1. The van der Waals surface area contributed by atoms with Gasteiger partial charge < -0.3 is 19.2 Å². The number of rotatable bonds is 6. The topological polar surface area (TPSA) is 80.0 Å². The zero-order valence-corrected chi connectivity index (χ0v) is 24.8. The second-order valence-electron chi connectivity index (χ2n) is 11.8. The van der Waals surface area contributed by atoms with Gasteiger partial charge in [0.2, 0.25) is 0 Å². The van der Waals surface area contributed by atoms with Crippen LogP contribution in [0.15, 0.2) is 75.9 Å². The van der Waals surface area contributed by atoms with Gasteiger partial charge in [0.05, 0.1) is 11.6 Å². The van der Waals surface area contributed by atoms with Crippen LogP contribution in [0.3, 0.4) is 0 Å². The molecule has 6 nitrogen and oxygen atoms in total. The first-order valence-corrected chi connectivity index (χ1v) is 15.1. The first-order valence-electron chi connectivity index (χ1n) is 14.7. The Labute approximate surface area is 250 Å². The highest BCUT2D eigenvalue weighted by Crippen LogP contribution is 2.49. The van der Waals surface area contributed by atoms with Crippen LogP contribution in [0.2, 0.25) is 5.02 Å². The second-order valence-corrected chi connectivity index (χ2v) is 12.2. The summed E-state index contributed by atoms with van der Waals surface area (Å²) in [5.74, 6) is 0.316. The van der Waals surface area contributed by atoms with Crippen molar-refractivity contribution in [3.8, 4) is 5.75 Å². The van der Waals surface area contributed by atoms with Crippen molar-refractivity contribution in [3.63, 3.8) is 0 Å². The van der Waals surface area contributed by atoms with Gasteiger partial charge in [0.15, 0.2) is 6.61 Å². The standard InChI is InChI=1S/C35H36ClNO5/c1-22-27-15-16-30(23(2)33(27)42-34(39)28(22)20-24-8-4-3-5-9-24)41-21-31(38)37-19-18-35(40)17-7-6-10-29(35)32(37)25-11-13-26(36)14-12-25/h3-5,8-9,11-16,29,32,40H,6-7,10,17-21H2,1-2H3/t29-,32+,35+/m1/s1. The highest BCUT2D eigenvalue weighted by Gasteiger charge is 2.50. The Balaban J connectivity index is 1.25. The molecule has 0 bridgehead atoms. The predicted octanol–water partition coefficient (Wildman–Crippen LogP) is 6.93. The molecule has 0 radical (unpaired) electrons. The van der Waals surface area contributed by atoms with Crippen LogP contribution in [-0.4, -0.2) is 34.7 Å². The molecule has 1 amide bonds. The zero-order valence-electron chi connectivity index (χ0n) is 24.1. The molecular weight excluding hydrogens is 550 g/mol. The quantitative estimate of drug-likeness (QED) is 0.248. The number of hydrogen-bond donors (Lipinski definition) is 1. The van der Waals surface area contributed by atoms with Crippen LogP contribution in [0.1, 0.15) is 66.0 Å². The molecule has 3 atom stereocenters. The van der Waals surface area contributed by atoms with Crippen molar-refractivity contribution >= 4 is 28.5 Å². The third-order valence-electron chi connectivity index (χ3n) is 9.33. The number of nitrogens with zero attached hydrogens (tertiary/aromatic N) is 1. The number of halogens is 1. The smallest absolute Gasteiger partial charge is 0.340 e. The molecule has 7 heteroatoms. The Morgan fingerprint density at radius 2 is 1.79 bits per heavy atom. The maximum Gasteiger partial charge on any atom is 0.340 e. The van der Waals surface area contributed by atoms with E-state index >= 15 is 0 Å². The molecule has 1 aliphatic carbocycles. The van der Waals surface area contributed by atoms with Crippen LogP contribution >= 0.6 is 11.6 Å². The lowest BCUT2D eigenvalue weighted by Gasteiger charge is -2.52. The number of amides is 1. The molecule has 0 spiro atoms. The summed E-state index contributed by atoms with van der Waals surface area (Å²) >= 11 is 6.18. The number of benzene rings is 3. The number of aliphatic hydroxyl groups is 1. The molecule has 3 aromatic carbocycles. The monoisotopic (exact) mass is 585 g/mol. The van der Waals surface area contributed by atoms with Gasteiger partial charge in [-0.15, -0.1) is 0 Å². The Hall–Kier alpha value is -3.61. The fraction of sp³-hybridized carbons (Fsp3) is 0.371. The maximum absolute atomic E-state index is 13.7. The van der Waals surface area contributed by atoms with Crippen molar-refractivity contribution in [2.45, 2.75) is 64.0 Å². The molecule has 6 rings (SSSR count). The number of fused-ring (bicyclic) bond motifs is 2. The van der Waals surface area contributed by atoms with E-state index in [0.29, 0.717) is 46.9 Å². The highest BCUT2D eigenvalue weighted by atomic mass is 35.5. The van der Waals surface area contributed by atoms with Crippen LogP contribution in [0.5, 0.6) is 5.75 Å². The number of carbonyl (C=O) groups is 1. The van der Waals surface area contributed by atoms with Crippen LogP contribution in [0, 0.1) is 19.8 Å². The SMILES string of the molecule is Cc1c(Cc2ccccc2)c(=O)oc2c(C)c(OCC(=O)N3CC[C@@]4(O)CCCC[C@@H]4[C@@H]3c3ccc(Cl)cc3)ccc12. The van der Waals surface area contributed by atoms with Crippen LogP contribution in [0.4, 0.5) is 0 Å². The third kappa shape index (κ3) is 5.34. The number of carbonyl (C=O) groups excluding carboxylic acids is 1. The summed E-state index contributed by atoms with van der Waals surface area (Å²) in [7, 11) is 0. The second kappa shape index (κ2) is 11.6. The van der Waals surface area contributed by atoms with E-state index in [9.17, 15) is 14.7 Å². The summed E-state index contributed by atoms with van der Waals surface area (Å²) in [5.41, 5.74) is 3.56. The highest BCUT2D eigenvalue weighted by molar-refractivity contribution is 6.30. The van der Waals surface area contributed by atoms with Crippen molar-refractivity contribution in [1.82, 2.24) is 4.90 Å². The normalized spacial score (nSPS) is 22.1. The van der Waals surface area contributed by atoms with Gasteiger partial charge in [-0.25, -0.2) is 4.79 Å². The lowest BCUT2D eigenvalue weighted by atomic mass is 9.66. The average Bonchev–Trinajstić information content (AvgIpc) is 2.99.